The summed E-state index contributed by atoms with van der Waals surface area (Å²) in [5.41, 5.74) is 0.592. The standard InChI is InChI=1S/C14H15N3O3/c1-10(18)16-6-7-17-14(20)12(9-15)8-11-2-4-13(19)5-3-11/h2-5,8,19H,6-7H2,1H3,(H,16,18)(H,17,20)/b12-8+. The Labute approximate surface area is 116 Å². The van der Waals surface area contributed by atoms with Gasteiger partial charge in [0.05, 0.1) is 0 Å². The molecular weight excluding hydrogens is 258 g/mol. The van der Waals surface area contributed by atoms with Crippen LogP contribution in [0, 0.1) is 11.3 Å². The molecule has 0 heterocycles. The fourth-order valence-corrected chi connectivity index (χ4v) is 1.40. The number of amides is 2. The van der Waals surface area contributed by atoms with Crippen LogP contribution in [0.4, 0.5) is 0 Å². The molecule has 6 heteroatoms. The summed E-state index contributed by atoms with van der Waals surface area (Å²) in [5, 5.41) is 23.2. The predicted molar refractivity (Wildman–Crippen MR) is 73.4 cm³/mol. The molecule has 0 spiro atoms. The van der Waals surface area contributed by atoms with Crippen molar-refractivity contribution in [3.8, 4) is 11.8 Å². The van der Waals surface area contributed by atoms with Crippen LogP contribution in [-0.4, -0.2) is 30.0 Å². The van der Waals surface area contributed by atoms with Gasteiger partial charge < -0.3 is 15.7 Å². The van der Waals surface area contributed by atoms with Crippen molar-refractivity contribution in [3.63, 3.8) is 0 Å². The zero-order chi connectivity index (χ0) is 15.0. The highest BCUT2D eigenvalue weighted by molar-refractivity contribution is 6.01. The van der Waals surface area contributed by atoms with Crippen LogP contribution in [0.3, 0.4) is 0 Å². The fourth-order valence-electron chi connectivity index (χ4n) is 1.40. The highest BCUT2D eigenvalue weighted by atomic mass is 16.3. The fraction of sp³-hybridized carbons (Fsp3) is 0.214. The summed E-state index contributed by atoms with van der Waals surface area (Å²) in [6.07, 6.45) is 1.42. The third-order valence-electron chi connectivity index (χ3n) is 2.35. The van der Waals surface area contributed by atoms with Crippen molar-refractivity contribution in [2.45, 2.75) is 6.92 Å². The molecule has 1 rings (SSSR count). The number of phenols is 1. The second-order valence-electron chi connectivity index (χ2n) is 4.00. The molecule has 1 aromatic rings. The third-order valence-corrected chi connectivity index (χ3v) is 2.35. The topological polar surface area (TPSA) is 102 Å². The number of aromatic hydroxyl groups is 1. The molecule has 0 bridgehead atoms. The van der Waals surface area contributed by atoms with Gasteiger partial charge in [0.1, 0.15) is 17.4 Å². The maximum Gasteiger partial charge on any atom is 0.262 e. The van der Waals surface area contributed by atoms with Crippen LogP contribution in [0.2, 0.25) is 0 Å². The summed E-state index contributed by atoms with van der Waals surface area (Å²) in [6, 6.07) is 7.94. The first-order chi connectivity index (χ1) is 9.52. The zero-order valence-corrected chi connectivity index (χ0v) is 11.0. The second kappa shape index (κ2) is 7.59. The van der Waals surface area contributed by atoms with E-state index in [2.05, 4.69) is 10.6 Å². The number of nitrogens with one attached hydrogen (secondary N) is 2. The number of carbonyl (C=O) groups excluding carboxylic acids is 2. The highest BCUT2D eigenvalue weighted by Crippen LogP contribution is 2.12. The molecular formula is C14H15N3O3. The number of nitriles is 1. The van der Waals surface area contributed by atoms with E-state index in [0.717, 1.165) is 0 Å². The maximum absolute atomic E-state index is 11.7. The molecule has 20 heavy (non-hydrogen) atoms. The molecule has 0 fully saturated rings. The molecule has 0 saturated heterocycles. The van der Waals surface area contributed by atoms with Crippen LogP contribution in [0.25, 0.3) is 6.08 Å². The van der Waals surface area contributed by atoms with Crippen LogP contribution in [-0.2, 0) is 9.59 Å². The molecule has 0 aliphatic carbocycles. The molecule has 0 atom stereocenters. The lowest BCUT2D eigenvalue weighted by atomic mass is 10.1. The minimum absolute atomic E-state index is 0.0430. The summed E-state index contributed by atoms with van der Waals surface area (Å²) >= 11 is 0. The van der Waals surface area contributed by atoms with Gasteiger partial charge in [0.15, 0.2) is 0 Å². The van der Waals surface area contributed by atoms with Gasteiger partial charge in [0.2, 0.25) is 5.91 Å². The summed E-state index contributed by atoms with van der Waals surface area (Å²) in [7, 11) is 0. The Kier molecular flexibility index (Phi) is 5.78. The zero-order valence-electron chi connectivity index (χ0n) is 11.0. The number of phenolic OH excluding ortho intramolecular Hbond substituents is 1. The summed E-state index contributed by atoms with van der Waals surface area (Å²) in [5.74, 6) is -0.578. The van der Waals surface area contributed by atoms with Crippen molar-refractivity contribution in [3.05, 3.63) is 35.4 Å². The lowest BCUT2D eigenvalue weighted by molar-refractivity contribution is -0.120. The first kappa shape index (κ1) is 15.2. The Morgan fingerprint density at radius 2 is 1.85 bits per heavy atom. The lowest BCUT2D eigenvalue weighted by Crippen LogP contribution is -2.34. The number of hydrogen-bond acceptors (Lipinski definition) is 4. The van der Waals surface area contributed by atoms with Crippen molar-refractivity contribution in [2.24, 2.45) is 0 Å². The van der Waals surface area contributed by atoms with E-state index in [4.69, 9.17) is 10.4 Å². The molecule has 2 amide bonds. The first-order valence-electron chi connectivity index (χ1n) is 5.96. The Hall–Kier alpha value is -2.81. The van der Waals surface area contributed by atoms with Crippen molar-refractivity contribution in [1.29, 1.82) is 5.26 Å². The maximum atomic E-state index is 11.7. The average Bonchev–Trinajstić information content (AvgIpc) is 2.42. The molecule has 104 valence electrons. The van der Waals surface area contributed by atoms with Crippen molar-refractivity contribution < 1.29 is 14.7 Å². The normalized spacial score (nSPS) is 10.5. The van der Waals surface area contributed by atoms with E-state index in [0.29, 0.717) is 12.1 Å². The van der Waals surface area contributed by atoms with Crippen molar-refractivity contribution in [2.75, 3.05) is 13.1 Å². The Morgan fingerprint density at radius 3 is 2.40 bits per heavy atom. The molecule has 0 saturated carbocycles. The molecule has 0 aromatic heterocycles. The van der Waals surface area contributed by atoms with E-state index in [1.807, 2.05) is 6.07 Å². The number of nitrogens with zero attached hydrogens (tertiary/aromatic N) is 1. The van der Waals surface area contributed by atoms with Crippen LogP contribution in [0.5, 0.6) is 5.75 Å². The van der Waals surface area contributed by atoms with Crippen molar-refractivity contribution in [1.82, 2.24) is 10.6 Å². The Bertz CT molecular complexity index is 556. The molecule has 0 unspecified atom stereocenters. The average molecular weight is 273 g/mol. The minimum Gasteiger partial charge on any atom is -0.508 e. The van der Waals surface area contributed by atoms with Gasteiger partial charge in [0.25, 0.3) is 5.91 Å². The highest BCUT2D eigenvalue weighted by Gasteiger charge is 2.08. The molecule has 0 aliphatic rings. The van der Waals surface area contributed by atoms with E-state index in [9.17, 15) is 9.59 Å². The number of rotatable bonds is 5. The van der Waals surface area contributed by atoms with Crippen LogP contribution < -0.4 is 10.6 Å². The Balaban J connectivity index is 2.61. The van der Waals surface area contributed by atoms with Crippen LogP contribution in [0.15, 0.2) is 29.8 Å². The van der Waals surface area contributed by atoms with E-state index >= 15 is 0 Å². The minimum atomic E-state index is -0.508. The summed E-state index contributed by atoms with van der Waals surface area (Å²) < 4.78 is 0. The lowest BCUT2D eigenvalue weighted by Gasteiger charge is -2.04. The molecule has 1 aromatic carbocycles. The van der Waals surface area contributed by atoms with Crippen LogP contribution in [0.1, 0.15) is 12.5 Å². The van der Waals surface area contributed by atoms with Gasteiger partial charge in [-0.25, -0.2) is 0 Å². The second-order valence-corrected chi connectivity index (χ2v) is 4.00. The van der Waals surface area contributed by atoms with Gasteiger partial charge in [-0.3, -0.25) is 9.59 Å². The van der Waals surface area contributed by atoms with Gasteiger partial charge in [-0.1, -0.05) is 12.1 Å². The quantitative estimate of drug-likeness (QED) is 0.414. The number of carbonyl (C=O) groups is 2. The third kappa shape index (κ3) is 5.23. The van der Waals surface area contributed by atoms with Gasteiger partial charge in [-0.05, 0) is 23.8 Å². The Morgan fingerprint density at radius 1 is 1.25 bits per heavy atom. The van der Waals surface area contributed by atoms with E-state index in [1.54, 1.807) is 12.1 Å². The van der Waals surface area contributed by atoms with E-state index < -0.39 is 5.91 Å². The smallest absolute Gasteiger partial charge is 0.262 e. The molecule has 3 N–H and O–H groups in total. The molecule has 6 nitrogen and oxygen atoms in total. The summed E-state index contributed by atoms with van der Waals surface area (Å²) in [6.45, 7) is 1.93. The predicted octanol–water partition coefficient (Wildman–Crippen LogP) is 0.551. The number of hydrogen-bond donors (Lipinski definition) is 3. The monoisotopic (exact) mass is 273 g/mol. The molecule has 0 aliphatic heterocycles. The van der Waals surface area contributed by atoms with Crippen molar-refractivity contribution >= 4 is 17.9 Å². The van der Waals surface area contributed by atoms with Crippen LogP contribution >= 0.6 is 0 Å². The first-order valence-corrected chi connectivity index (χ1v) is 5.96. The van der Waals surface area contributed by atoms with Gasteiger partial charge in [-0.2, -0.15) is 5.26 Å². The van der Waals surface area contributed by atoms with Gasteiger partial charge in [-0.15, -0.1) is 0 Å². The number of benzene rings is 1. The largest absolute Gasteiger partial charge is 0.508 e. The van der Waals surface area contributed by atoms with E-state index in [-0.39, 0.29) is 23.8 Å². The molecule has 0 radical (unpaired) electrons. The van der Waals surface area contributed by atoms with Gasteiger partial charge >= 0.3 is 0 Å². The van der Waals surface area contributed by atoms with E-state index in [1.165, 1.54) is 25.1 Å². The van der Waals surface area contributed by atoms with Gasteiger partial charge in [0, 0.05) is 20.0 Å². The summed E-state index contributed by atoms with van der Waals surface area (Å²) in [4.78, 5) is 22.4. The SMILES string of the molecule is CC(=O)NCCNC(=O)/C(C#N)=C/c1ccc(O)cc1.